The summed E-state index contributed by atoms with van der Waals surface area (Å²) in [5.41, 5.74) is 0.832. The lowest BCUT2D eigenvalue weighted by atomic mass is 10.1. The first-order chi connectivity index (χ1) is 11.3. The highest BCUT2D eigenvalue weighted by Gasteiger charge is 2.60. The molecule has 2 aliphatic heterocycles. The SMILES string of the molecule is C[C@@H]1[C@H]2OC(C)(C)O[C@H]2[C@H](C(=O)O)N1C(=O)OCc1ccccc1. The molecule has 0 aromatic heterocycles. The number of carboxylic acids is 1. The van der Waals surface area contributed by atoms with Crippen molar-refractivity contribution in [3.05, 3.63) is 35.9 Å². The number of carboxylic acid groups (broad SMARTS) is 1. The van der Waals surface area contributed by atoms with Crippen molar-refractivity contribution in [2.24, 2.45) is 0 Å². The van der Waals surface area contributed by atoms with Gasteiger partial charge >= 0.3 is 12.1 Å². The fourth-order valence-electron chi connectivity index (χ4n) is 3.34. The number of carbonyl (C=O) groups is 2. The van der Waals surface area contributed by atoms with E-state index in [2.05, 4.69) is 0 Å². The molecule has 1 amide bonds. The zero-order chi connectivity index (χ0) is 17.5. The molecule has 2 aliphatic rings. The third-order valence-corrected chi connectivity index (χ3v) is 4.36. The van der Waals surface area contributed by atoms with Gasteiger partial charge in [0.15, 0.2) is 11.8 Å². The number of amides is 1. The van der Waals surface area contributed by atoms with E-state index in [0.29, 0.717) is 0 Å². The average molecular weight is 335 g/mol. The van der Waals surface area contributed by atoms with Crippen molar-refractivity contribution in [1.29, 1.82) is 0 Å². The first-order valence-corrected chi connectivity index (χ1v) is 7.87. The smallest absolute Gasteiger partial charge is 0.411 e. The van der Waals surface area contributed by atoms with E-state index in [1.54, 1.807) is 20.8 Å². The van der Waals surface area contributed by atoms with Gasteiger partial charge in [-0.25, -0.2) is 9.59 Å². The van der Waals surface area contributed by atoms with Gasteiger partial charge in [-0.15, -0.1) is 0 Å². The van der Waals surface area contributed by atoms with E-state index in [1.165, 1.54) is 4.90 Å². The Kier molecular flexibility index (Phi) is 4.23. The van der Waals surface area contributed by atoms with Crippen molar-refractivity contribution in [2.45, 2.75) is 57.5 Å². The largest absolute Gasteiger partial charge is 0.480 e. The second kappa shape index (κ2) is 6.07. The Morgan fingerprint density at radius 1 is 1.21 bits per heavy atom. The van der Waals surface area contributed by atoms with Crippen molar-refractivity contribution in [3.63, 3.8) is 0 Å². The van der Waals surface area contributed by atoms with Crippen LogP contribution in [0.2, 0.25) is 0 Å². The Morgan fingerprint density at radius 2 is 1.83 bits per heavy atom. The Hall–Kier alpha value is -2.12. The van der Waals surface area contributed by atoms with Crippen LogP contribution in [0, 0.1) is 0 Å². The minimum Gasteiger partial charge on any atom is -0.480 e. The number of carbonyl (C=O) groups excluding carboxylic acids is 1. The Morgan fingerprint density at radius 3 is 2.46 bits per heavy atom. The molecule has 24 heavy (non-hydrogen) atoms. The summed E-state index contributed by atoms with van der Waals surface area (Å²) < 4.78 is 16.8. The standard InChI is InChI=1S/C17H21NO6/c1-10-13-14(24-17(2,3)23-13)12(15(19)20)18(10)16(21)22-9-11-7-5-4-6-8-11/h4-8,10,12-14H,9H2,1-3H3,(H,19,20)/t10-,12-,13-,14+/m1/s1. The van der Waals surface area contributed by atoms with Crippen molar-refractivity contribution >= 4 is 12.1 Å². The van der Waals surface area contributed by atoms with Gasteiger partial charge in [0.05, 0.1) is 6.04 Å². The lowest BCUT2D eigenvalue weighted by Gasteiger charge is -2.30. The number of hydrogen-bond acceptors (Lipinski definition) is 5. The van der Waals surface area contributed by atoms with E-state index in [4.69, 9.17) is 14.2 Å². The number of hydrogen-bond donors (Lipinski definition) is 1. The van der Waals surface area contributed by atoms with E-state index in [1.807, 2.05) is 30.3 Å². The summed E-state index contributed by atoms with van der Waals surface area (Å²) in [6.07, 6.45) is -1.89. The predicted octanol–water partition coefficient (Wildman–Crippen LogP) is 2.00. The topological polar surface area (TPSA) is 85.3 Å². The number of ether oxygens (including phenoxy) is 3. The van der Waals surface area contributed by atoms with Gasteiger partial charge in [0.2, 0.25) is 0 Å². The van der Waals surface area contributed by atoms with Gasteiger partial charge in [0.1, 0.15) is 18.8 Å². The monoisotopic (exact) mass is 335 g/mol. The zero-order valence-corrected chi connectivity index (χ0v) is 13.8. The number of nitrogens with zero attached hydrogens (tertiary/aromatic N) is 1. The molecule has 0 spiro atoms. The third-order valence-electron chi connectivity index (χ3n) is 4.36. The number of benzene rings is 1. The highest BCUT2D eigenvalue weighted by molar-refractivity contribution is 5.82. The van der Waals surface area contributed by atoms with Gasteiger partial charge in [-0.1, -0.05) is 30.3 Å². The molecule has 0 bridgehead atoms. The molecule has 0 unspecified atom stereocenters. The summed E-state index contributed by atoms with van der Waals surface area (Å²) >= 11 is 0. The second-order valence-electron chi connectivity index (χ2n) is 6.54. The minimum atomic E-state index is -1.13. The molecule has 130 valence electrons. The average Bonchev–Trinajstić information content (AvgIpc) is 2.97. The van der Waals surface area contributed by atoms with Crippen LogP contribution < -0.4 is 0 Å². The molecule has 1 aromatic rings. The lowest BCUT2D eigenvalue weighted by Crippen LogP contribution is -2.49. The molecule has 7 heteroatoms. The summed E-state index contributed by atoms with van der Waals surface area (Å²) in [5.74, 6) is -2.00. The van der Waals surface area contributed by atoms with Gasteiger partial charge in [-0.3, -0.25) is 4.90 Å². The molecule has 1 N–H and O–H groups in total. The fraction of sp³-hybridized carbons (Fsp3) is 0.529. The van der Waals surface area contributed by atoms with Crippen LogP contribution in [0.25, 0.3) is 0 Å². The Balaban J connectivity index is 1.74. The maximum Gasteiger partial charge on any atom is 0.411 e. The third kappa shape index (κ3) is 2.97. The summed E-state index contributed by atoms with van der Waals surface area (Å²) in [6.45, 7) is 5.29. The van der Waals surface area contributed by atoms with Crippen molar-refractivity contribution in [1.82, 2.24) is 4.90 Å². The first-order valence-electron chi connectivity index (χ1n) is 7.87. The molecule has 3 rings (SSSR count). The number of likely N-dealkylation sites (tertiary alicyclic amines) is 1. The minimum absolute atomic E-state index is 0.0811. The normalized spacial score (nSPS) is 30.9. The molecule has 2 fully saturated rings. The van der Waals surface area contributed by atoms with E-state index in [9.17, 15) is 14.7 Å². The molecule has 2 heterocycles. The van der Waals surface area contributed by atoms with Crippen LogP contribution in [0.1, 0.15) is 26.3 Å². The summed E-state index contributed by atoms with van der Waals surface area (Å²) in [5, 5.41) is 9.57. The van der Waals surface area contributed by atoms with Crippen LogP contribution in [0.3, 0.4) is 0 Å². The van der Waals surface area contributed by atoms with Gasteiger partial charge in [0, 0.05) is 0 Å². The quantitative estimate of drug-likeness (QED) is 0.909. The van der Waals surface area contributed by atoms with E-state index >= 15 is 0 Å². The number of fused-ring (bicyclic) bond motifs is 1. The van der Waals surface area contributed by atoms with E-state index in [-0.39, 0.29) is 6.61 Å². The van der Waals surface area contributed by atoms with Crippen LogP contribution in [-0.4, -0.2) is 52.1 Å². The highest BCUT2D eigenvalue weighted by atomic mass is 16.8. The maximum absolute atomic E-state index is 12.5. The Labute approximate surface area is 140 Å². The van der Waals surface area contributed by atoms with Gasteiger partial charge in [-0.05, 0) is 26.3 Å². The Bertz CT molecular complexity index is 631. The van der Waals surface area contributed by atoms with Gasteiger partial charge < -0.3 is 19.3 Å². The van der Waals surface area contributed by atoms with E-state index < -0.39 is 42.1 Å². The molecule has 7 nitrogen and oxygen atoms in total. The van der Waals surface area contributed by atoms with Gasteiger partial charge in [0.25, 0.3) is 0 Å². The molecule has 0 radical (unpaired) electrons. The predicted molar refractivity (Wildman–Crippen MR) is 83.2 cm³/mol. The first kappa shape index (κ1) is 16.7. The van der Waals surface area contributed by atoms with Crippen molar-refractivity contribution < 1.29 is 28.9 Å². The molecule has 1 aromatic carbocycles. The van der Waals surface area contributed by atoms with E-state index in [0.717, 1.165) is 5.56 Å². The summed E-state index contributed by atoms with van der Waals surface area (Å²) in [7, 11) is 0. The molecule has 2 saturated heterocycles. The number of rotatable bonds is 3. The molecule has 0 aliphatic carbocycles. The van der Waals surface area contributed by atoms with Crippen molar-refractivity contribution in [2.75, 3.05) is 0 Å². The van der Waals surface area contributed by atoms with Crippen LogP contribution >= 0.6 is 0 Å². The van der Waals surface area contributed by atoms with Crippen LogP contribution in [0.15, 0.2) is 30.3 Å². The maximum atomic E-state index is 12.5. The molecular formula is C17H21NO6. The van der Waals surface area contributed by atoms with Crippen molar-refractivity contribution in [3.8, 4) is 0 Å². The zero-order valence-electron chi connectivity index (χ0n) is 13.8. The van der Waals surface area contributed by atoms with Crippen LogP contribution in [0.5, 0.6) is 0 Å². The number of aliphatic carboxylic acids is 1. The van der Waals surface area contributed by atoms with Crippen LogP contribution in [0.4, 0.5) is 4.79 Å². The van der Waals surface area contributed by atoms with Gasteiger partial charge in [-0.2, -0.15) is 0 Å². The molecular weight excluding hydrogens is 314 g/mol. The molecule has 4 atom stereocenters. The summed E-state index contributed by atoms with van der Waals surface area (Å²) in [6, 6.07) is 7.63. The van der Waals surface area contributed by atoms with Crippen LogP contribution in [-0.2, 0) is 25.6 Å². The highest BCUT2D eigenvalue weighted by Crippen LogP contribution is 2.40. The fourth-order valence-corrected chi connectivity index (χ4v) is 3.34. The second-order valence-corrected chi connectivity index (χ2v) is 6.54. The molecule has 0 saturated carbocycles. The lowest BCUT2D eigenvalue weighted by molar-refractivity contribution is -0.172. The summed E-state index contributed by atoms with van der Waals surface area (Å²) in [4.78, 5) is 25.4.